The van der Waals surface area contributed by atoms with Gasteiger partial charge in [-0.25, -0.2) is 0 Å². The first-order chi connectivity index (χ1) is 16.6. The first-order valence-corrected chi connectivity index (χ1v) is 13.2. The summed E-state index contributed by atoms with van der Waals surface area (Å²) in [4.78, 5) is 16.5. The third kappa shape index (κ3) is 4.75. The van der Waals surface area contributed by atoms with Crippen molar-refractivity contribution in [3.63, 3.8) is 0 Å². The lowest BCUT2D eigenvalue weighted by atomic mass is 10.1. The summed E-state index contributed by atoms with van der Waals surface area (Å²) < 4.78 is 6.70. The van der Waals surface area contributed by atoms with Crippen molar-refractivity contribution in [2.24, 2.45) is 0 Å². The van der Waals surface area contributed by atoms with E-state index >= 15 is 0 Å². The number of thioether (sulfide) groups is 2. The summed E-state index contributed by atoms with van der Waals surface area (Å²) >= 11 is 8.50. The molecular formula is C28H21NO2S3. The molecule has 0 bridgehead atoms. The molecule has 0 spiro atoms. The third-order valence-corrected chi connectivity index (χ3v) is 7.55. The number of ether oxygens (including phenoxy) is 1. The number of carbonyl (C=O) groups excluding carboxylic acids is 1. The highest BCUT2D eigenvalue weighted by Gasteiger charge is 2.33. The van der Waals surface area contributed by atoms with E-state index in [9.17, 15) is 4.79 Å². The second-order valence-corrected chi connectivity index (χ2v) is 10.3. The van der Waals surface area contributed by atoms with E-state index in [1.807, 2.05) is 73.0 Å². The normalized spacial score (nSPS) is 14.9. The predicted octanol–water partition coefficient (Wildman–Crippen LogP) is 7.55. The minimum atomic E-state index is -0.113. The minimum Gasteiger partial charge on any atom is -0.488 e. The van der Waals surface area contributed by atoms with Gasteiger partial charge in [0, 0.05) is 10.5 Å². The Labute approximate surface area is 212 Å². The molecule has 1 aliphatic heterocycles. The summed E-state index contributed by atoms with van der Waals surface area (Å²) in [5.74, 6) is 0.614. The molecule has 4 aromatic carbocycles. The van der Waals surface area contributed by atoms with E-state index in [0.29, 0.717) is 15.8 Å². The molecule has 6 heteroatoms. The highest BCUT2D eigenvalue weighted by molar-refractivity contribution is 8.27. The molecule has 5 rings (SSSR count). The van der Waals surface area contributed by atoms with Gasteiger partial charge in [0.1, 0.15) is 12.4 Å². The van der Waals surface area contributed by atoms with Crippen molar-refractivity contribution in [1.82, 2.24) is 0 Å². The molecule has 1 amide bonds. The summed E-state index contributed by atoms with van der Waals surface area (Å²) in [5, 5.41) is 2.39. The Morgan fingerprint density at radius 3 is 2.59 bits per heavy atom. The van der Waals surface area contributed by atoms with Gasteiger partial charge in [-0.05, 0) is 59.0 Å². The van der Waals surface area contributed by atoms with E-state index in [2.05, 4.69) is 30.3 Å². The molecule has 0 aromatic heterocycles. The molecule has 168 valence electrons. The largest absolute Gasteiger partial charge is 0.488 e. The van der Waals surface area contributed by atoms with Crippen molar-refractivity contribution in [3.05, 3.63) is 107 Å². The lowest BCUT2D eigenvalue weighted by molar-refractivity contribution is -0.113. The van der Waals surface area contributed by atoms with Crippen LogP contribution in [0.5, 0.6) is 5.75 Å². The minimum absolute atomic E-state index is 0.113. The molecule has 0 atom stereocenters. The SMILES string of the molecule is CSc1cccc(N2C(=O)/C(=C/c3ccccc3OCc3ccc4ccccc4c3)SC2=S)c1. The van der Waals surface area contributed by atoms with Gasteiger partial charge >= 0.3 is 0 Å². The van der Waals surface area contributed by atoms with Crippen LogP contribution in [0.25, 0.3) is 16.8 Å². The van der Waals surface area contributed by atoms with Crippen LogP contribution < -0.4 is 9.64 Å². The van der Waals surface area contributed by atoms with Gasteiger partial charge in [-0.3, -0.25) is 9.69 Å². The van der Waals surface area contributed by atoms with Gasteiger partial charge in [0.05, 0.1) is 10.6 Å². The Hall–Kier alpha value is -3.06. The van der Waals surface area contributed by atoms with Gasteiger partial charge in [0.15, 0.2) is 4.32 Å². The number of para-hydroxylation sites is 1. The van der Waals surface area contributed by atoms with Gasteiger partial charge in [0.2, 0.25) is 0 Å². The summed E-state index contributed by atoms with van der Waals surface area (Å²) in [6.45, 7) is 0.443. The van der Waals surface area contributed by atoms with Gasteiger partial charge in [0.25, 0.3) is 5.91 Å². The number of benzene rings is 4. The van der Waals surface area contributed by atoms with E-state index in [1.165, 1.54) is 22.5 Å². The number of anilines is 1. The fourth-order valence-corrected chi connectivity index (χ4v) is 5.55. The first kappa shape index (κ1) is 22.7. The molecule has 1 aliphatic rings. The molecule has 34 heavy (non-hydrogen) atoms. The lowest BCUT2D eigenvalue weighted by Gasteiger charge is -2.15. The Bertz CT molecular complexity index is 1430. The van der Waals surface area contributed by atoms with Crippen LogP contribution in [-0.4, -0.2) is 16.5 Å². The maximum absolute atomic E-state index is 13.2. The highest BCUT2D eigenvalue weighted by Crippen LogP contribution is 2.38. The molecule has 4 aromatic rings. The maximum Gasteiger partial charge on any atom is 0.270 e. The van der Waals surface area contributed by atoms with Crippen LogP contribution in [0.2, 0.25) is 0 Å². The average molecular weight is 500 g/mol. The average Bonchev–Trinajstić information content (AvgIpc) is 3.15. The van der Waals surface area contributed by atoms with Crippen molar-refractivity contribution in [2.75, 3.05) is 11.2 Å². The van der Waals surface area contributed by atoms with Gasteiger partial charge in [-0.15, -0.1) is 11.8 Å². The number of rotatable bonds is 6. The fourth-order valence-electron chi connectivity index (χ4n) is 3.80. The second kappa shape index (κ2) is 10.1. The smallest absolute Gasteiger partial charge is 0.270 e. The van der Waals surface area contributed by atoms with E-state index < -0.39 is 0 Å². The molecule has 1 heterocycles. The van der Waals surface area contributed by atoms with Gasteiger partial charge in [-0.1, -0.05) is 84.6 Å². The number of thiocarbonyl (C=S) groups is 1. The maximum atomic E-state index is 13.2. The predicted molar refractivity (Wildman–Crippen MR) is 149 cm³/mol. The van der Waals surface area contributed by atoms with E-state index in [0.717, 1.165) is 27.5 Å². The quantitative estimate of drug-likeness (QED) is 0.155. The topological polar surface area (TPSA) is 29.5 Å². The van der Waals surface area contributed by atoms with Crippen molar-refractivity contribution in [2.45, 2.75) is 11.5 Å². The molecule has 0 saturated carbocycles. The van der Waals surface area contributed by atoms with Crippen LogP contribution in [0.15, 0.2) is 101 Å². The molecule has 3 nitrogen and oxygen atoms in total. The van der Waals surface area contributed by atoms with Crippen LogP contribution in [0, 0.1) is 0 Å². The van der Waals surface area contributed by atoms with Crippen molar-refractivity contribution >= 4 is 68.5 Å². The zero-order chi connectivity index (χ0) is 23.5. The zero-order valence-electron chi connectivity index (χ0n) is 18.4. The molecule has 1 saturated heterocycles. The number of hydrogen-bond acceptors (Lipinski definition) is 5. The van der Waals surface area contributed by atoms with Crippen LogP contribution >= 0.6 is 35.7 Å². The number of fused-ring (bicyclic) bond motifs is 1. The van der Waals surface area contributed by atoms with Crippen molar-refractivity contribution in [3.8, 4) is 5.75 Å². The van der Waals surface area contributed by atoms with Gasteiger partial charge < -0.3 is 4.74 Å². The standard InChI is InChI=1S/C28H21NO2S3/c1-33-24-11-6-10-23(17-24)29-27(30)26(34-28(29)32)16-22-9-4-5-12-25(22)31-18-19-13-14-20-7-2-3-8-21(20)15-19/h2-17H,18H2,1H3/b26-16-. The van der Waals surface area contributed by atoms with E-state index in [-0.39, 0.29) is 5.91 Å². The summed E-state index contributed by atoms with van der Waals surface area (Å²) in [7, 11) is 0. The Morgan fingerprint density at radius 1 is 0.941 bits per heavy atom. The molecule has 0 radical (unpaired) electrons. The Kier molecular flexibility index (Phi) is 6.72. The van der Waals surface area contributed by atoms with Crippen LogP contribution in [-0.2, 0) is 11.4 Å². The number of carbonyl (C=O) groups is 1. The summed E-state index contributed by atoms with van der Waals surface area (Å²) in [6.07, 6.45) is 3.88. The molecule has 0 N–H and O–H groups in total. The van der Waals surface area contributed by atoms with Crippen molar-refractivity contribution < 1.29 is 9.53 Å². The molecule has 0 aliphatic carbocycles. The fraction of sp³-hybridized carbons (Fsp3) is 0.0714. The van der Waals surface area contributed by atoms with Gasteiger partial charge in [-0.2, -0.15) is 0 Å². The molecule has 1 fully saturated rings. The molecular weight excluding hydrogens is 479 g/mol. The van der Waals surface area contributed by atoms with Crippen LogP contribution in [0.4, 0.5) is 5.69 Å². The van der Waals surface area contributed by atoms with E-state index in [1.54, 1.807) is 16.7 Å². The Morgan fingerprint density at radius 2 is 1.74 bits per heavy atom. The van der Waals surface area contributed by atoms with Crippen LogP contribution in [0.3, 0.4) is 0 Å². The van der Waals surface area contributed by atoms with Crippen LogP contribution in [0.1, 0.15) is 11.1 Å². The number of hydrogen-bond donors (Lipinski definition) is 0. The Balaban J connectivity index is 1.37. The number of amides is 1. The van der Waals surface area contributed by atoms with Crippen molar-refractivity contribution in [1.29, 1.82) is 0 Å². The van der Waals surface area contributed by atoms with E-state index in [4.69, 9.17) is 17.0 Å². The summed E-state index contributed by atoms with van der Waals surface area (Å²) in [5.41, 5.74) is 2.73. The third-order valence-electron chi connectivity index (χ3n) is 5.52. The number of nitrogens with zero attached hydrogens (tertiary/aromatic N) is 1. The zero-order valence-corrected chi connectivity index (χ0v) is 20.9. The lowest BCUT2D eigenvalue weighted by Crippen LogP contribution is -2.27. The summed E-state index contributed by atoms with van der Waals surface area (Å²) in [6, 6.07) is 30.2. The highest BCUT2D eigenvalue weighted by atomic mass is 32.2. The monoisotopic (exact) mass is 499 g/mol. The first-order valence-electron chi connectivity index (χ1n) is 10.7. The second-order valence-electron chi connectivity index (χ2n) is 7.73. The molecule has 0 unspecified atom stereocenters.